The third kappa shape index (κ3) is 5.31. The van der Waals surface area contributed by atoms with Crippen LogP contribution >= 0.6 is 0 Å². The van der Waals surface area contributed by atoms with Crippen LogP contribution in [0.15, 0.2) is 59.5 Å². The summed E-state index contributed by atoms with van der Waals surface area (Å²) >= 11 is 0. The molecule has 2 aliphatic heterocycles. The van der Waals surface area contributed by atoms with E-state index in [-0.39, 0.29) is 16.3 Å². The average molecular weight is 576 g/mol. The molecule has 2 aromatic carbocycles. The summed E-state index contributed by atoms with van der Waals surface area (Å²) in [6.45, 7) is 6.22. The molecule has 10 heteroatoms. The number of hydrogen-bond acceptors (Lipinski definition) is 6. The van der Waals surface area contributed by atoms with Crippen LogP contribution in [0.2, 0.25) is 0 Å². The molecular formula is C31H37N5O4S. The highest BCUT2D eigenvalue weighted by Gasteiger charge is 2.46. The fraction of sp³-hybridized carbons (Fsp3) is 0.419. The first-order chi connectivity index (χ1) is 19.8. The number of nitrogens with one attached hydrogen (secondary N) is 2. The maximum Gasteiger partial charge on any atom is 0.322 e. The lowest BCUT2D eigenvalue weighted by molar-refractivity contribution is 0.122. The van der Waals surface area contributed by atoms with Crippen molar-refractivity contribution in [1.29, 1.82) is 0 Å². The lowest BCUT2D eigenvalue weighted by atomic mass is 9.80. The fourth-order valence-electron chi connectivity index (χ4n) is 6.50. The topological polar surface area (TPSA) is 104 Å². The third-order valence-corrected chi connectivity index (χ3v) is 10.2. The SMILES string of the molecule is CNS(=O)(=O)c1ccc(CNC(=O)N2CC3(CCCC3)c3cc(-c4ccc(N5CCOCC5)nc4C)ccc32)cc1. The first kappa shape index (κ1) is 27.7. The van der Waals surface area contributed by atoms with Crippen molar-refractivity contribution in [2.45, 2.75) is 49.5 Å². The average Bonchev–Trinajstić information content (AvgIpc) is 3.61. The second-order valence-corrected chi connectivity index (χ2v) is 13.1. The molecule has 1 saturated carbocycles. The highest BCUT2D eigenvalue weighted by molar-refractivity contribution is 7.89. The number of sulfonamides is 1. The Balaban J connectivity index is 1.22. The van der Waals surface area contributed by atoms with E-state index in [1.54, 1.807) is 24.3 Å². The molecule has 3 heterocycles. The van der Waals surface area contributed by atoms with Crippen molar-refractivity contribution < 1.29 is 17.9 Å². The summed E-state index contributed by atoms with van der Waals surface area (Å²) in [5, 5.41) is 3.05. The van der Waals surface area contributed by atoms with Crippen LogP contribution in [0.25, 0.3) is 11.1 Å². The molecule has 6 rings (SSSR count). The molecule has 0 bridgehead atoms. The van der Waals surface area contributed by atoms with Crippen molar-refractivity contribution in [1.82, 2.24) is 15.0 Å². The number of pyridine rings is 1. The van der Waals surface area contributed by atoms with E-state index in [2.05, 4.69) is 52.2 Å². The largest absolute Gasteiger partial charge is 0.378 e. The first-order valence-electron chi connectivity index (χ1n) is 14.3. The molecule has 1 aromatic heterocycles. The number of hydrogen-bond donors (Lipinski definition) is 2. The number of carbonyl (C=O) groups excluding carboxylic acids is 1. The minimum absolute atomic E-state index is 0.0269. The van der Waals surface area contributed by atoms with Crippen LogP contribution in [-0.2, 0) is 26.7 Å². The minimum atomic E-state index is -3.50. The Kier molecular flexibility index (Phi) is 7.48. The Morgan fingerprint density at radius 2 is 1.76 bits per heavy atom. The summed E-state index contributed by atoms with van der Waals surface area (Å²) in [6, 6.07) is 17.2. The molecule has 1 aliphatic carbocycles. The molecule has 2 amide bonds. The molecule has 1 spiro atoms. The number of nitrogens with zero attached hydrogens (tertiary/aromatic N) is 3. The van der Waals surface area contributed by atoms with Gasteiger partial charge in [-0.2, -0.15) is 0 Å². The summed E-state index contributed by atoms with van der Waals surface area (Å²) in [7, 11) is -2.11. The van der Waals surface area contributed by atoms with Gasteiger partial charge in [-0.1, -0.05) is 31.0 Å². The summed E-state index contributed by atoms with van der Waals surface area (Å²) < 4.78 is 31.8. The van der Waals surface area contributed by atoms with Crippen LogP contribution in [0.1, 0.15) is 42.5 Å². The Hall–Kier alpha value is -3.47. The monoisotopic (exact) mass is 575 g/mol. The zero-order chi connectivity index (χ0) is 28.6. The van der Waals surface area contributed by atoms with Crippen LogP contribution in [-0.4, -0.2) is 59.3 Å². The van der Waals surface area contributed by atoms with Gasteiger partial charge in [0.2, 0.25) is 10.0 Å². The summed E-state index contributed by atoms with van der Waals surface area (Å²) in [4.78, 5) is 22.8. The van der Waals surface area contributed by atoms with Gasteiger partial charge in [0.15, 0.2) is 0 Å². The van der Waals surface area contributed by atoms with Gasteiger partial charge in [-0.15, -0.1) is 0 Å². The number of urea groups is 1. The predicted octanol–water partition coefficient (Wildman–Crippen LogP) is 4.34. The van der Waals surface area contributed by atoms with E-state index >= 15 is 0 Å². The van der Waals surface area contributed by atoms with Gasteiger partial charge in [0.25, 0.3) is 0 Å². The van der Waals surface area contributed by atoms with Gasteiger partial charge in [-0.25, -0.2) is 22.9 Å². The molecule has 3 aromatic rings. The number of amides is 2. The highest BCUT2D eigenvalue weighted by Crippen LogP contribution is 2.51. The van der Waals surface area contributed by atoms with Gasteiger partial charge in [0.1, 0.15) is 5.82 Å². The van der Waals surface area contributed by atoms with Gasteiger partial charge < -0.3 is 15.0 Å². The zero-order valence-corrected chi connectivity index (χ0v) is 24.5. The molecule has 216 valence electrons. The maximum absolute atomic E-state index is 13.5. The molecule has 1 saturated heterocycles. The Labute approximate surface area is 242 Å². The lowest BCUT2D eigenvalue weighted by Crippen LogP contribution is -2.41. The minimum Gasteiger partial charge on any atom is -0.378 e. The van der Waals surface area contributed by atoms with Gasteiger partial charge in [0.05, 0.1) is 18.1 Å². The van der Waals surface area contributed by atoms with E-state index in [1.165, 1.54) is 12.6 Å². The second kappa shape index (κ2) is 11.1. The number of morpholine rings is 1. The molecule has 3 aliphatic rings. The van der Waals surface area contributed by atoms with Gasteiger partial charge in [-0.3, -0.25) is 4.90 Å². The van der Waals surface area contributed by atoms with E-state index < -0.39 is 10.0 Å². The van der Waals surface area contributed by atoms with Gasteiger partial charge in [0, 0.05) is 48.5 Å². The number of ether oxygens (including phenoxy) is 1. The van der Waals surface area contributed by atoms with Crippen molar-refractivity contribution >= 4 is 27.6 Å². The van der Waals surface area contributed by atoms with Crippen LogP contribution < -0.4 is 19.8 Å². The molecule has 9 nitrogen and oxygen atoms in total. The summed E-state index contributed by atoms with van der Waals surface area (Å²) in [6.07, 6.45) is 4.47. The van der Waals surface area contributed by atoms with E-state index in [9.17, 15) is 13.2 Å². The number of anilines is 2. The highest BCUT2D eigenvalue weighted by atomic mass is 32.2. The molecular weight excluding hydrogens is 538 g/mol. The number of benzene rings is 2. The van der Waals surface area contributed by atoms with Crippen LogP contribution in [0, 0.1) is 6.92 Å². The maximum atomic E-state index is 13.5. The second-order valence-electron chi connectivity index (χ2n) is 11.2. The number of fused-ring (bicyclic) bond motifs is 2. The summed E-state index contributed by atoms with van der Waals surface area (Å²) in [5.74, 6) is 0.990. The predicted molar refractivity (Wildman–Crippen MR) is 160 cm³/mol. The number of aromatic nitrogens is 1. The van der Waals surface area contributed by atoms with Crippen molar-refractivity contribution in [3.05, 3.63) is 71.4 Å². The summed E-state index contributed by atoms with van der Waals surface area (Å²) in [5.41, 5.74) is 6.27. The van der Waals surface area contributed by atoms with E-state index in [4.69, 9.17) is 9.72 Å². The molecule has 41 heavy (non-hydrogen) atoms. The molecule has 2 fully saturated rings. The van der Waals surface area contributed by atoms with Crippen LogP contribution in [0.4, 0.5) is 16.3 Å². The zero-order valence-electron chi connectivity index (χ0n) is 23.7. The van der Waals surface area contributed by atoms with E-state index in [1.807, 2.05) is 4.90 Å². The Morgan fingerprint density at radius 1 is 1.02 bits per heavy atom. The smallest absolute Gasteiger partial charge is 0.322 e. The number of carbonyl (C=O) groups is 1. The number of aryl methyl sites for hydroxylation is 1. The third-order valence-electron chi connectivity index (χ3n) is 8.79. The Morgan fingerprint density at radius 3 is 2.44 bits per heavy atom. The standard InChI is InChI=1S/C31H37N5O4S/c1-22-26(10-12-29(34-22)35-15-17-40-18-16-35)24-7-11-28-27(19-24)31(13-3-4-14-31)21-36(28)30(37)33-20-23-5-8-25(9-6-23)41(38,39)32-2/h5-12,19,32H,3-4,13-18,20-21H2,1-2H3,(H,33,37). The fourth-order valence-corrected chi connectivity index (χ4v) is 7.23. The van der Waals surface area contributed by atoms with Crippen molar-refractivity contribution in [2.75, 3.05) is 49.7 Å². The van der Waals surface area contributed by atoms with Crippen LogP contribution in [0.3, 0.4) is 0 Å². The first-order valence-corrected chi connectivity index (χ1v) is 15.8. The molecule has 0 unspecified atom stereocenters. The van der Waals surface area contributed by atoms with Crippen molar-refractivity contribution in [2.24, 2.45) is 0 Å². The molecule has 2 N–H and O–H groups in total. The normalized spacial score (nSPS) is 18.1. The molecule has 0 radical (unpaired) electrons. The van der Waals surface area contributed by atoms with Crippen molar-refractivity contribution in [3.63, 3.8) is 0 Å². The lowest BCUT2D eigenvalue weighted by Gasteiger charge is -2.28. The van der Waals surface area contributed by atoms with E-state index in [0.29, 0.717) is 13.1 Å². The number of rotatable bonds is 6. The van der Waals surface area contributed by atoms with E-state index in [0.717, 1.165) is 85.9 Å². The van der Waals surface area contributed by atoms with Gasteiger partial charge in [-0.05, 0) is 79.9 Å². The van der Waals surface area contributed by atoms with Crippen molar-refractivity contribution in [3.8, 4) is 11.1 Å². The molecule has 0 atom stereocenters. The quantitative estimate of drug-likeness (QED) is 0.453. The Bertz CT molecular complexity index is 1550. The van der Waals surface area contributed by atoms with Crippen LogP contribution in [0.5, 0.6) is 0 Å². The van der Waals surface area contributed by atoms with Gasteiger partial charge >= 0.3 is 6.03 Å².